The minimum absolute atomic E-state index is 0.352. The molecule has 1 heterocycles. The number of rotatable bonds is 5. The average molecular weight is 385 g/mol. The molecule has 0 unspecified atom stereocenters. The molecule has 4 rings (SSSR count). The number of para-hydroxylation sites is 1. The SMILES string of the molecule is Cc1ccc(Cn2cc(/C=N\NC(=O)c3ccc(F)cc3)c3ccccc32)cc1. The van der Waals surface area contributed by atoms with Gasteiger partial charge in [0.25, 0.3) is 5.91 Å². The summed E-state index contributed by atoms with van der Waals surface area (Å²) in [5.41, 5.74) is 7.30. The third-order valence-electron chi connectivity index (χ3n) is 4.77. The van der Waals surface area contributed by atoms with Gasteiger partial charge in [-0.25, -0.2) is 9.82 Å². The molecule has 0 aliphatic heterocycles. The van der Waals surface area contributed by atoms with Crippen molar-refractivity contribution in [2.24, 2.45) is 5.10 Å². The first-order valence-electron chi connectivity index (χ1n) is 9.32. The second-order valence-electron chi connectivity index (χ2n) is 6.92. The second-order valence-corrected chi connectivity index (χ2v) is 6.92. The van der Waals surface area contributed by atoms with Gasteiger partial charge in [0.05, 0.1) is 6.21 Å². The molecular weight excluding hydrogens is 365 g/mol. The standard InChI is InChI=1S/C24H20FN3O/c1-17-6-8-18(9-7-17)15-28-16-20(22-4-2-3-5-23(22)28)14-26-27-24(29)19-10-12-21(25)13-11-19/h2-14,16H,15H2,1H3,(H,27,29)/b26-14-. The molecule has 3 aromatic carbocycles. The molecule has 0 saturated heterocycles. The Balaban J connectivity index is 1.55. The molecule has 0 aliphatic carbocycles. The molecule has 29 heavy (non-hydrogen) atoms. The zero-order chi connectivity index (χ0) is 20.2. The first-order valence-corrected chi connectivity index (χ1v) is 9.32. The summed E-state index contributed by atoms with van der Waals surface area (Å²) in [5, 5.41) is 5.15. The Bertz CT molecular complexity index is 1180. The van der Waals surface area contributed by atoms with Gasteiger partial charge in [0.1, 0.15) is 5.82 Å². The normalized spacial score (nSPS) is 11.2. The largest absolute Gasteiger partial charge is 0.342 e. The van der Waals surface area contributed by atoms with Gasteiger partial charge >= 0.3 is 0 Å². The third-order valence-corrected chi connectivity index (χ3v) is 4.77. The smallest absolute Gasteiger partial charge is 0.271 e. The summed E-state index contributed by atoms with van der Waals surface area (Å²) >= 11 is 0. The van der Waals surface area contributed by atoms with Crippen LogP contribution in [0.25, 0.3) is 10.9 Å². The molecule has 1 amide bonds. The number of aromatic nitrogens is 1. The number of nitrogens with zero attached hydrogens (tertiary/aromatic N) is 2. The lowest BCUT2D eigenvalue weighted by molar-refractivity contribution is 0.0955. The van der Waals surface area contributed by atoms with E-state index in [9.17, 15) is 9.18 Å². The van der Waals surface area contributed by atoms with Crippen LogP contribution in [-0.4, -0.2) is 16.7 Å². The van der Waals surface area contributed by atoms with Crippen LogP contribution in [0.5, 0.6) is 0 Å². The van der Waals surface area contributed by atoms with E-state index < -0.39 is 0 Å². The highest BCUT2D eigenvalue weighted by Gasteiger charge is 2.08. The zero-order valence-corrected chi connectivity index (χ0v) is 16.0. The van der Waals surface area contributed by atoms with E-state index in [1.165, 1.54) is 35.4 Å². The lowest BCUT2D eigenvalue weighted by Crippen LogP contribution is -2.17. The summed E-state index contributed by atoms with van der Waals surface area (Å²) in [6.45, 7) is 2.82. The number of amides is 1. The highest BCUT2D eigenvalue weighted by atomic mass is 19.1. The van der Waals surface area contributed by atoms with E-state index in [1.807, 2.05) is 24.4 Å². The third kappa shape index (κ3) is 4.24. The molecule has 0 radical (unpaired) electrons. The lowest BCUT2D eigenvalue weighted by atomic mass is 10.1. The van der Waals surface area contributed by atoms with Gasteiger partial charge in [0.2, 0.25) is 0 Å². The van der Waals surface area contributed by atoms with Crippen LogP contribution in [0.15, 0.2) is 84.1 Å². The van der Waals surface area contributed by atoms with Crippen molar-refractivity contribution in [3.8, 4) is 0 Å². The van der Waals surface area contributed by atoms with Crippen LogP contribution in [-0.2, 0) is 6.54 Å². The molecule has 144 valence electrons. The molecule has 0 spiro atoms. The summed E-state index contributed by atoms with van der Waals surface area (Å²) < 4.78 is 15.2. The van der Waals surface area contributed by atoms with Crippen LogP contribution in [0.3, 0.4) is 0 Å². The maximum Gasteiger partial charge on any atom is 0.271 e. The Labute approximate surface area is 168 Å². The van der Waals surface area contributed by atoms with Crippen molar-refractivity contribution in [3.63, 3.8) is 0 Å². The number of hydrazone groups is 1. The first-order chi connectivity index (χ1) is 14.1. The summed E-state index contributed by atoms with van der Waals surface area (Å²) in [4.78, 5) is 12.1. The van der Waals surface area contributed by atoms with Crippen molar-refractivity contribution < 1.29 is 9.18 Å². The van der Waals surface area contributed by atoms with Crippen LogP contribution in [0, 0.1) is 12.7 Å². The van der Waals surface area contributed by atoms with Gasteiger partial charge in [0.15, 0.2) is 0 Å². The lowest BCUT2D eigenvalue weighted by Gasteiger charge is -2.06. The fraction of sp³-hybridized carbons (Fsp3) is 0.0833. The minimum Gasteiger partial charge on any atom is -0.342 e. The number of fused-ring (bicyclic) bond motifs is 1. The van der Waals surface area contributed by atoms with Gasteiger partial charge in [-0.3, -0.25) is 4.79 Å². The number of halogens is 1. The zero-order valence-electron chi connectivity index (χ0n) is 16.0. The highest BCUT2D eigenvalue weighted by molar-refractivity contribution is 6.00. The van der Waals surface area contributed by atoms with E-state index in [2.05, 4.69) is 52.3 Å². The molecule has 1 aromatic heterocycles. The van der Waals surface area contributed by atoms with Crippen LogP contribution in [0.1, 0.15) is 27.0 Å². The summed E-state index contributed by atoms with van der Waals surface area (Å²) in [6, 6.07) is 21.9. The van der Waals surface area contributed by atoms with Crippen LogP contribution in [0.2, 0.25) is 0 Å². The van der Waals surface area contributed by atoms with Crippen LogP contribution in [0.4, 0.5) is 4.39 Å². The highest BCUT2D eigenvalue weighted by Crippen LogP contribution is 2.21. The van der Waals surface area contributed by atoms with Gasteiger partial charge in [-0.1, -0.05) is 48.0 Å². The van der Waals surface area contributed by atoms with Crippen LogP contribution >= 0.6 is 0 Å². The van der Waals surface area contributed by atoms with Crippen molar-refractivity contribution in [2.45, 2.75) is 13.5 Å². The maximum absolute atomic E-state index is 13.0. The first kappa shape index (κ1) is 18.6. The van der Waals surface area contributed by atoms with Crippen molar-refractivity contribution in [1.82, 2.24) is 9.99 Å². The fourth-order valence-corrected chi connectivity index (χ4v) is 3.23. The molecule has 0 atom stereocenters. The Hall–Kier alpha value is -3.73. The molecule has 4 aromatic rings. The predicted molar refractivity (Wildman–Crippen MR) is 114 cm³/mol. The minimum atomic E-state index is -0.385. The summed E-state index contributed by atoms with van der Waals surface area (Å²) in [6.07, 6.45) is 3.66. The molecular formula is C24H20FN3O. The monoisotopic (exact) mass is 385 g/mol. The van der Waals surface area contributed by atoms with Crippen molar-refractivity contribution in [1.29, 1.82) is 0 Å². The van der Waals surface area contributed by atoms with Gasteiger partial charge in [-0.05, 0) is 42.8 Å². The summed E-state index contributed by atoms with van der Waals surface area (Å²) in [5.74, 6) is -0.768. The molecule has 0 fully saturated rings. The van der Waals surface area contributed by atoms with Gasteiger partial charge in [0, 0.05) is 34.8 Å². The van der Waals surface area contributed by atoms with Crippen molar-refractivity contribution in [3.05, 3.63) is 107 Å². The fourth-order valence-electron chi connectivity index (χ4n) is 3.23. The number of hydrogen-bond acceptors (Lipinski definition) is 2. The number of hydrogen-bond donors (Lipinski definition) is 1. The molecule has 0 bridgehead atoms. The number of carbonyl (C=O) groups excluding carboxylic acids is 1. The van der Waals surface area contributed by atoms with Gasteiger partial charge in [-0.15, -0.1) is 0 Å². The Morgan fingerprint density at radius 2 is 1.76 bits per heavy atom. The van der Waals surface area contributed by atoms with E-state index in [0.717, 1.165) is 23.0 Å². The topological polar surface area (TPSA) is 46.4 Å². The maximum atomic E-state index is 13.0. The van der Waals surface area contributed by atoms with Crippen molar-refractivity contribution >= 4 is 23.0 Å². The molecule has 1 N–H and O–H groups in total. The Morgan fingerprint density at radius 1 is 1.03 bits per heavy atom. The number of benzene rings is 3. The Morgan fingerprint density at radius 3 is 2.52 bits per heavy atom. The number of nitrogens with one attached hydrogen (secondary N) is 1. The van der Waals surface area contributed by atoms with E-state index in [-0.39, 0.29) is 11.7 Å². The van der Waals surface area contributed by atoms with E-state index in [1.54, 1.807) is 6.21 Å². The van der Waals surface area contributed by atoms with Gasteiger partial charge in [-0.2, -0.15) is 5.10 Å². The predicted octanol–water partition coefficient (Wildman–Crippen LogP) is 4.90. The molecule has 0 saturated carbocycles. The van der Waals surface area contributed by atoms with E-state index in [0.29, 0.717) is 5.56 Å². The number of aryl methyl sites for hydroxylation is 1. The molecule has 5 heteroatoms. The van der Waals surface area contributed by atoms with Crippen molar-refractivity contribution in [2.75, 3.05) is 0 Å². The van der Waals surface area contributed by atoms with Gasteiger partial charge < -0.3 is 4.57 Å². The Kier molecular flexibility index (Phi) is 5.20. The van der Waals surface area contributed by atoms with E-state index in [4.69, 9.17) is 0 Å². The second kappa shape index (κ2) is 8.10. The summed E-state index contributed by atoms with van der Waals surface area (Å²) in [7, 11) is 0. The molecule has 4 nitrogen and oxygen atoms in total. The quantitative estimate of drug-likeness (QED) is 0.385. The average Bonchev–Trinajstić information content (AvgIpc) is 3.08. The number of carbonyl (C=O) groups is 1. The molecule has 0 aliphatic rings. The van der Waals surface area contributed by atoms with E-state index >= 15 is 0 Å². The van der Waals surface area contributed by atoms with Crippen LogP contribution < -0.4 is 5.43 Å².